The Morgan fingerprint density at radius 2 is 1.79 bits per heavy atom. The molecule has 0 atom stereocenters. The van der Waals surface area contributed by atoms with Crippen LogP contribution in [0.25, 0.3) is 0 Å². The van der Waals surface area contributed by atoms with Crippen LogP contribution in [0.5, 0.6) is 0 Å². The van der Waals surface area contributed by atoms with Crippen molar-refractivity contribution in [3.05, 3.63) is 69.9 Å². The van der Waals surface area contributed by atoms with E-state index >= 15 is 0 Å². The lowest BCUT2D eigenvalue weighted by Gasteiger charge is -2.05. The van der Waals surface area contributed by atoms with Gasteiger partial charge in [-0.1, -0.05) is 41.1 Å². The molecular formula is C20H17ClFN3O2S2. The van der Waals surface area contributed by atoms with Crippen LogP contribution in [-0.2, 0) is 16.0 Å². The zero-order valence-corrected chi connectivity index (χ0v) is 17.8. The number of nitrogens with one attached hydrogen (secondary N) is 2. The summed E-state index contributed by atoms with van der Waals surface area (Å²) in [7, 11) is 0. The standard InChI is InChI=1S/C20H17ClFN3O2S2/c1-12-2-4-13(5-3-12)23-19(27)11-29-20-25-15(10-28-20)9-18(26)24-14-6-7-17(22)16(21)8-14/h2-8,10H,9,11H2,1H3,(H,23,27)(H,24,26). The number of hydrogen-bond donors (Lipinski definition) is 2. The van der Waals surface area contributed by atoms with E-state index in [0.29, 0.717) is 15.7 Å². The maximum atomic E-state index is 13.2. The quantitative estimate of drug-likeness (QED) is 0.489. The van der Waals surface area contributed by atoms with Gasteiger partial charge in [-0.2, -0.15) is 0 Å². The Balaban J connectivity index is 1.47. The van der Waals surface area contributed by atoms with Crippen molar-refractivity contribution >= 4 is 57.9 Å². The van der Waals surface area contributed by atoms with E-state index in [1.807, 2.05) is 31.2 Å². The molecule has 1 aromatic heterocycles. The van der Waals surface area contributed by atoms with Gasteiger partial charge < -0.3 is 10.6 Å². The number of thioether (sulfide) groups is 1. The summed E-state index contributed by atoms with van der Waals surface area (Å²) in [5.41, 5.74) is 2.89. The first-order chi connectivity index (χ1) is 13.9. The zero-order chi connectivity index (χ0) is 20.8. The van der Waals surface area contributed by atoms with Crippen LogP contribution in [0, 0.1) is 12.7 Å². The van der Waals surface area contributed by atoms with Crippen LogP contribution in [0.4, 0.5) is 15.8 Å². The van der Waals surface area contributed by atoms with Gasteiger partial charge in [0.1, 0.15) is 5.82 Å². The van der Waals surface area contributed by atoms with Crippen LogP contribution >= 0.6 is 34.7 Å². The van der Waals surface area contributed by atoms with Gasteiger partial charge in [0.2, 0.25) is 11.8 Å². The molecule has 0 unspecified atom stereocenters. The van der Waals surface area contributed by atoms with Crippen LogP contribution in [0.15, 0.2) is 52.2 Å². The smallest absolute Gasteiger partial charge is 0.234 e. The van der Waals surface area contributed by atoms with E-state index in [1.165, 1.54) is 41.3 Å². The van der Waals surface area contributed by atoms with E-state index in [4.69, 9.17) is 11.6 Å². The Morgan fingerprint density at radius 1 is 1.10 bits per heavy atom. The second kappa shape index (κ2) is 9.87. The summed E-state index contributed by atoms with van der Waals surface area (Å²) in [4.78, 5) is 28.5. The Kier molecular flexibility index (Phi) is 7.24. The average Bonchev–Trinajstić information content (AvgIpc) is 3.12. The summed E-state index contributed by atoms with van der Waals surface area (Å²) in [5.74, 6) is -0.730. The lowest BCUT2D eigenvalue weighted by molar-refractivity contribution is -0.116. The van der Waals surface area contributed by atoms with Gasteiger partial charge in [0, 0.05) is 16.8 Å². The minimum absolute atomic E-state index is 0.0564. The maximum Gasteiger partial charge on any atom is 0.234 e. The lowest BCUT2D eigenvalue weighted by atomic mass is 10.2. The molecule has 0 fully saturated rings. The summed E-state index contributed by atoms with van der Waals surface area (Å²) < 4.78 is 13.9. The van der Waals surface area contributed by atoms with Gasteiger partial charge in [0.05, 0.1) is 22.9 Å². The van der Waals surface area contributed by atoms with E-state index in [0.717, 1.165) is 11.3 Å². The summed E-state index contributed by atoms with van der Waals surface area (Å²) >= 11 is 8.39. The third-order valence-corrected chi connectivity index (χ3v) is 6.10. The molecule has 0 saturated heterocycles. The monoisotopic (exact) mass is 449 g/mol. The molecule has 2 amide bonds. The third kappa shape index (κ3) is 6.56. The Bertz CT molecular complexity index is 1020. The van der Waals surface area contributed by atoms with Crippen molar-refractivity contribution in [2.75, 3.05) is 16.4 Å². The number of rotatable bonds is 7. The van der Waals surface area contributed by atoms with E-state index in [2.05, 4.69) is 15.6 Å². The van der Waals surface area contributed by atoms with Gasteiger partial charge in [-0.3, -0.25) is 9.59 Å². The SMILES string of the molecule is Cc1ccc(NC(=O)CSc2nc(CC(=O)Nc3ccc(F)c(Cl)c3)cs2)cc1. The van der Waals surface area contributed by atoms with Gasteiger partial charge in [-0.25, -0.2) is 9.37 Å². The Morgan fingerprint density at radius 3 is 2.52 bits per heavy atom. The van der Waals surface area contributed by atoms with Gasteiger partial charge in [0.25, 0.3) is 0 Å². The lowest BCUT2D eigenvalue weighted by Crippen LogP contribution is -2.15. The molecule has 2 aromatic carbocycles. The predicted octanol–water partition coefficient (Wildman–Crippen LogP) is 5.16. The molecule has 0 saturated carbocycles. The normalized spacial score (nSPS) is 10.6. The molecular weight excluding hydrogens is 433 g/mol. The van der Waals surface area contributed by atoms with Crippen molar-refractivity contribution in [3.8, 4) is 0 Å². The summed E-state index contributed by atoms with van der Waals surface area (Å²) in [6, 6.07) is 11.6. The number of halogens is 2. The highest BCUT2D eigenvalue weighted by molar-refractivity contribution is 8.01. The maximum absolute atomic E-state index is 13.2. The minimum atomic E-state index is -0.544. The van der Waals surface area contributed by atoms with Gasteiger partial charge in [0.15, 0.2) is 4.34 Å². The van der Waals surface area contributed by atoms with Crippen LogP contribution in [0.3, 0.4) is 0 Å². The van der Waals surface area contributed by atoms with Crippen molar-refractivity contribution in [3.63, 3.8) is 0 Å². The van der Waals surface area contributed by atoms with Crippen molar-refractivity contribution in [1.29, 1.82) is 0 Å². The van der Waals surface area contributed by atoms with Crippen molar-refractivity contribution in [2.24, 2.45) is 0 Å². The molecule has 0 radical (unpaired) electrons. The number of amides is 2. The third-order valence-electron chi connectivity index (χ3n) is 3.74. The fourth-order valence-electron chi connectivity index (χ4n) is 2.34. The highest BCUT2D eigenvalue weighted by Gasteiger charge is 2.11. The van der Waals surface area contributed by atoms with Crippen molar-refractivity contribution < 1.29 is 14.0 Å². The van der Waals surface area contributed by atoms with Crippen LogP contribution in [0.2, 0.25) is 5.02 Å². The molecule has 9 heteroatoms. The summed E-state index contributed by atoms with van der Waals surface area (Å²) in [5, 5.41) is 7.20. The summed E-state index contributed by atoms with van der Waals surface area (Å²) in [6.07, 6.45) is 0.0710. The first-order valence-corrected chi connectivity index (χ1v) is 10.8. The number of carbonyl (C=O) groups is 2. The second-order valence-corrected chi connectivity index (χ2v) is 8.65. The average molecular weight is 450 g/mol. The minimum Gasteiger partial charge on any atom is -0.326 e. The Hall–Kier alpha value is -2.42. The summed E-state index contributed by atoms with van der Waals surface area (Å²) in [6.45, 7) is 1.98. The van der Waals surface area contributed by atoms with E-state index < -0.39 is 5.82 Å². The van der Waals surface area contributed by atoms with Gasteiger partial charge in [-0.05, 0) is 37.3 Å². The van der Waals surface area contributed by atoms with E-state index in [-0.39, 0.29) is 29.0 Å². The number of nitrogens with zero attached hydrogens (tertiary/aromatic N) is 1. The molecule has 3 aromatic rings. The van der Waals surface area contributed by atoms with Crippen molar-refractivity contribution in [1.82, 2.24) is 4.98 Å². The second-order valence-electron chi connectivity index (χ2n) is 6.16. The van der Waals surface area contributed by atoms with Crippen LogP contribution < -0.4 is 10.6 Å². The molecule has 2 N–H and O–H groups in total. The fraction of sp³-hybridized carbons (Fsp3) is 0.150. The molecule has 0 aliphatic heterocycles. The van der Waals surface area contributed by atoms with Crippen LogP contribution in [0.1, 0.15) is 11.3 Å². The molecule has 0 aliphatic carbocycles. The topological polar surface area (TPSA) is 71.1 Å². The molecule has 0 aliphatic rings. The molecule has 0 spiro atoms. The van der Waals surface area contributed by atoms with E-state index in [1.54, 1.807) is 5.38 Å². The number of thiazole rings is 1. The number of aromatic nitrogens is 1. The highest BCUT2D eigenvalue weighted by atomic mass is 35.5. The number of anilines is 2. The number of hydrogen-bond acceptors (Lipinski definition) is 5. The number of benzene rings is 2. The van der Waals surface area contributed by atoms with Gasteiger partial charge in [-0.15, -0.1) is 11.3 Å². The Labute approximate surface area is 180 Å². The highest BCUT2D eigenvalue weighted by Crippen LogP contribution is 2.24. The molecule has 1 heterocycles. The predicted molar refractivity (Wildman–Crippen MR) is 116 cm³/mol. The molecule has 3 rings (SSSR count). The first kappa shape index (κ1) is 21.3. The number of aryl methyl sites for hydroxylation is 1. The largest absolute Gasteiger partial charge is 0.326 e. The van der Waals surface area contributed by atoms with Crippen LogP contribution in [-0.4, -0.2) is 22.6 Å². The first-order valence-electron chi connectivity index (χ1n) is 8.57. The zero-order valence-electron chi connectivity index (χ0n) is 15.4. The molecule has 5 nitrogen and oxygen atoms in total. The number of carbonyl (C=O) groups excluding carboxylic acids is 2. The van der Waals surface area contributed by atoms with Gasteiger partial charge >= 0.3 is 0 Å². The fourth-order valence-corrected chi connectivity index (χ4v) is 4.17. The molecule has 150 valence electrons. The van der Waals surface area contributed by atoms with E-state index in [9.17, 15) is 14.0 Å². The molecule has 29 heavy (non-hydrogen) atoms. The van der Waals surface area contributed by atoms with Crippen molar-refractivity contribution in [2.45, 2.75) is 17.7 Å². The molecule has 0 bridgehead atoms.